The zero-order valence-corrected chi connectivity index (χ0v) is 13.1. The van der Waals surface area contributed by atoms with Crippen molar-refractivity contribution in [1.82, 2.24) is 5.32 Å². The van der Waals surface area contributed by atoms with Crippen LogP contribution < -0.4 is 5.32 Å². The quantitative estimate of drug-likeness (QED) is 0.728. The predicted molar refractivity (Wildman–Crippen MR) is 88.2 cm³/mol. The zero-order valence-electron chi connectivity index (χ0n) is 12.2. The number of rotatable bonds is 8. The minimum atomic E-state index is -0.768. The Morgan fingerprint density at radius 1 is 1.05 bits per heavy atom. The molecule has 0 atom stereocenters. The van der Waals surface area contributed by atoms with Crippen molar-refractivity contribution in [1.29, 1.82) is 0 Å². The van der Waals surface area contributed by atoms with Gasteiger partial charge in [-0.1, -0.05) is 36.8 Å². The molecule has 0 saturated carbocycles. The summed E-state index contributed by atoms with van der Waals surface area (Å²) in [5.74, 6) is -0.831. The first kappa shape index (κ1) is 16.2. The normalized spacial score (nSPS) is 10.4. The van der Waals surface area contributed by atoms with Crippen LogP contribution in [0.1, 0.15) is 35.4 Å². The highest BCUT2D eigenvalue weighted by Gasteiger charge is 2.13. The Balaban J connectivity index is 1.84. The van der Waals surface area contributed by atoms with E-state index in [9.17, 15) is 9.59 Å². The van der Waals surface area contributed by atoms with Crippen molar-refractivity contribution in [2.45, 2.75) is 25.7 Å². The molecular formula is C17H19NO3S. The Kier molecular flexibility index (Phi) is 6.15. The standard InChI is InChI=1S/C17H19NO3S/c19-15(20)9-5-2-6-11-18-17(21)16-14(10-12-22-16)13-7-3-1-4-8-13/h1,3-4,7-8,10,12H,2,5-6,9,11H2,(H,18,21)(H,19,20). The molecule has 2 rings (SSSR count). The summed E-state index contributed by atoms with van der Waals surface area (Å²) in [6.07, 6.45) is 2.45. The molecule has 0 aliphatic carbocycles. The number of unbranched alkanes of at least 4 members (excludes halogenated alkanes) is 2. The van der Waals surface area contributed by atoms with E-state index in [1.54, 1.807) is 0 Å². The summed E-state index contributed by atoms with van der Waals surface area (Å²) in [5, 5.41) is 13.4. The number of hydrogen-bond donors (Lipinski definition) is 2. The molecule has 1 aromatic carbocycles. The lowest BCUT2D eigenvalue weighted by Gasteiger charge is -2.06. The maximum Gasteiger partial charge on any atom is 0.303 e. The van der Waals surface area contributed by atoms with Crippen LogP contribution >= 0.6 is 11.3 Å². The fourth-order valence-corrected chi connectivity index (χ4v) is 3.02. The molecule has 4 nitrogen and oxygen atoms in total. The van der Waals surface area contributed by atoms with Gasteiger partial charge in [0.15, 0.2) is 0 Å². The molecule has 116 valence electrons. The number of aliphatic carboxylic acids is 1. The molecule has 0 spiro atoms. The fraction of sp³-hybridized carbons (Fsp3) is 0.294. The number of carbonyl (C=O) groups excluding carboxylic acids is 1. The first-order valence-corrected chi connectivity index (χ1v) is 8.19. The third-order valence-electron chi connectivity index (χ3n) is 3.31. The largest absolute Gasteiger partial charge is 0.481 e. The summed E-state index contributed by atoms with van der Waals surface area (Å²) < 4.78 is 0. The van der Waals surface area contributed by atoms with Crippen molar-refractivity contribution in [3.05, 3.63) is 46.7 Å². The van der Waals surface area contributed by atoms with Crippen LogP contribution in [0.2, 0.25) is 0 Å². The van der Waals surface area contributed by atoms with Crippen LogP contribution in [0, 0.1) is 0 Å². The molecule has 1 heterocycles. The average molecular weight is 317 g/mol. The van der Waals surface area contributed by atoms with E-state index in [2.05, 4.69) is 5.32 Å². The number of hydrogen-bond acceptors (Lipinski definition) is 3. The van der Waals surface area contributed by atoms with Gasteiger partial charge >= 0.3 is 5.97 Å². The maximum absolute atomic E-state index is 12.2. The van der Waals surface area contributed by atoms with E-state index in [-0.39, 0.29) is 12.3 Å². The zero-order chi connectivity index (χ0) is 15.8. The van der Waals surface area contributed by atoms with Crippen LogP contribution in [0.25, 0.3) is 11.1 Å². The number of thiophene rings is 1. The smallest absolute Gasteiger partial charge is 0.303 e. The minimum Gasteiger partial charge on any atom is -0.481 e. The molecule has 22 heavy (non-hydrogen) atoms. The van der Waals surface area contributed by atoms with Gasteiger partial charge < -0.3 is 10.4 Å². The molecule has 5 heteroatoms. The Labute approximate surface area is 133 Å². The molecule has 2 N–H and O–H groups in total. The highest BCUT2D eigenvalue weighted by atomic mass is 32.1. The Bertz CT molecular complexity index is 622. The van der Waals surface area contributed by atoms with E-state index in [4.69, 9.17) is 5.11 Å². The lowest BCUT2D eigenvalue weighted by atomic mass is 10.1. The van der Waals surface area contributed by atoms with Gasteiger partial charge in [0, 0.05) is 18.5 Å². The van der Waals surface area contributed by atoms with Crippen molar-refractivity contribution in [2.75, 3.05) is 6.54 Å². The number of carbonyl (C=O) groups is 2. The summed E-state index contributed by atoms with van der Waals surface area (Å²) in [6.45, 7) is 0.574. The second-order valence-corrected chi connectivity index (χ2v) is 5.91. The summed E-state index contributed by atoms with van der Waals surface area (Å²) >= 11 is 1.43. The van der Waals surface area contributed by atoms with E-state index >= 15 is 0 Å². The monoisotopic (exact) mass is 317 g/mol. The molecule has 2 aromatic rings. The van der Waals surface area contributed by atoms with Crippen LogP contribution in [0.15, 0.2) is 41.8 Å². The molecule has 0 aliphatic rings. The van der Waals surface area contributed by atoms with E-state index in [1.165, 1.54) is 11.3 Å². The Morgan fingerprint density at radius 3 is 2.55 bits per heavy atom. The summed E-state index contributed by atoms with van der Waals surface area (Å²) in [6, 6.07) is 11.8. The lowest BCUT2D eigenvalue weighted by Crippen LogP contribution is -2.24. The maximum atomic E-state index is 12.2. The molecule has 0 fully saturated rings. The third kappa shape index (κ3) is 4.70. The van der Waals surface area contributed by atoms with Gasteiger partial charge in [0.05, 0.1) is 4.88 Å². The van der Waals surface area contributed by atoms with Gasteiger partial charge in [-0.05, 0) is 29.9 Å². The summed E-state index contributed by atoms with van der Waals surface area (Å²) in [5.41, 5.74) is 1.99. The van der Waals surface area contributed by atoms with Crippen molar-refractivity contribution in [3.8, 4) is 11.1 Å². The summed E-state index contributed by atoms with van der Waals surface area (Å²) in [7, 11) is 0. The topological polar surface area (TPSA) is 66.4 Å². The number of nitrogens with one attached hydrogen (secondary N) is 1. The second-order valence-electron chi connectivity index (χ2n) is 4.99. The first-order valence-electron chi connectivity index (χ1n) is 7.31. The van der Waals surface area contributed by atoms with Gasteiger partial charge in [0.2, 0.25) is 0 Å². The van der Waals surface area contributed by atoms with Crippen molar-refractivity contribution in [2.24, 2.45) is 0 Å². The van der Waals surface area contributed by atoms with Crippen molar-refractivity contribution >= 4 is 23.2 Å². The van der Waals surface area contributed by atoms with E-state index < -0.39 is 5.97 Å². The van der Waals surface area contributed by atoms with Crippen LogP contribution in [-0.2, 0) is 4.79 Å². The van der Waals surface area contributed by atoms with Gasteiger partial charge in [0.25, 0.3) is 5.91 Å². The number of amides is 1. The van der Waals surface area contributed by atoms with Crippen molar-refractivity contribution < 1.29 is 14.7 Å². The van der Waals surface area contributed by atoms with Gasteiger partial charge in [0.1, 0.15) is 0 Å². The highest BCUT2D eigenvalue weighted by Crippen LogP contribution is 2.27. The van der Waals surface area contributed by atoms with Crippen LogP contribution in [-0.4, -0.2) is 23.5 Å². The Hall–Kier alpha value is -2.14. The van der Waals surface area contributed by atoms with Crippen LogP contribution in [0.4, 0.5) is 0 Å². The van der Waals surface area contributed by atoms with Gasteiger partial charge in [-0.15, -0.1) is 11.3 Å². The number of benzene rings is 1. The average Bonchev–Trinajstić information content (AvgIpc) is 3.00. The lowest BCUT2D eigenvalue weighted by molar-refractivity contribution is -0.137. The van der Waals surface area contributed by atoms with E-state index in [0.29, 0.717) is 13.0 Å². The minimum absolute atomic E-state index is 0.0629. The molecule has 1 amide bonds. The van der Waals surface area contributed by atoms with E-state index in [0.717, 1.165) is 28.8 Å². The van der Waals surface area contributed by atoms with Gasteiger partial charge in [-0.25, -0.2) is 0 Å². The fourth-order valence-electron chi connectivity index (χ4n) is 2.19. The van der Waals surface area contributed by atoms with Crippen LogP contribution in [0.3, 0.4) is 0 Å². The van der Waals surface area contributed by atoms with Crippen molar-refractivity contribution in [3.63, 3.8) is 0 Å². The molecule has 1 aromatic heterocycles. The molecule has 0 radical (unpaired) electrons. The SMILES string of the molecule is O=C(O)CCCCCNC(=O)c1sccc1-c1ccccc1. The summed E-state index contributed by atoms with van der Waals surface area (Å²) in [4.78, 5) is 23.4. The number of carboxylic acids is 1. The third-order valence-corrected chi connectivity index (χ3v) is 4.22. The molecular weight excluding hydrogens is 298 g/mol. The molecule has 0 aliphatic heterocycles. The van der Waals surface area contributed by atoms with Gasteiger partial charge in [-0.2, -0.15) is 0 Å². The number of carboxylic acid groups (broad SMARTS) is 1. The van der Waals surface area contributed by atoms with Gasteiger partial charge in [-0.3, -0.25) is 9.59 Å². The molecule has 0 saturated heterocycles. The highest BCUT2D eigenvalue weighted by molar-refractivity contribution is 7.12. The first-order chi connectivity index (χ1) is 10.7. The predicted octanol–water partition coefficient (Wildman–Crippen LogP) is 3.79. The second kappa shape index (κ2) is 8.34. The van der Waals surface area contributed by atoms with E-state index in [1.807, 2.05) is 41.8 Å². The Morgan fingerprint density at radius 2 is 1.82 bits per heavy atom. The van der Waals surface area contributed by atoms with Crippen LogP contribution in [0.5, 0.6) is 0 Å². The molecule has 0 unspecified atom stereocenters. The molecule has 0 bridgehead atoms.